The number of rotatable bonds is 4. The second kappa shape index (κ2) is 8.27. The number of aromatic nitrogens is 6. The van der Waals surface area contributed by atoms with E-state index in [1.807, 2.05) is 4.90 Å². The van der Waals surface area contributed by atoms with Crippen LogP contribution >= 0.6 is 0 Å². The molecule has 0 unspecified atom stereocenters. The summed E-state index contributed by atoms with van der Waals surface area (Å²) in [5.41, 5.74) is -0.325. The quantitative estimate of drug-likeness (QED) is 0.525. The number of aryl methyl sites for hydroxylation is 1. The molecule has 2 aliphatic heterocycles. The van der Waals surface area contributed by atoms with Gasteiger partial charge in [0, 0.05) is 26.2 Å². The first kappa shape index (κ1) is 22.7. The zero-order chi connectivity index (χ0) is 24.1. The van der Waals surface area contributed by atoms with Crippen LogP contribution in [0.4, 0.5) is 33.6 Å². The molecule has 0 aromatic carbocycles. The van der Waals surface area contributed by atoms with E-state index in [1.165, 1.54) is 19.3 Å². The van der Waals surface area contributed by atoms with E-state index < -0.39 is 24.8 Å². The molecule has 2 saturated heterocycles. The van der Waals surface area contributed by atoms with Crippen molar-refractivity contribution in [1.82, 2.24) is 29.7 Å². The minimum atomic E-state index is -4.54. The number of nitrogens with zero attached hydrogens (tertiary/aromatic N) is 8. The van der Waals surface area contributed by atoms with E-state index in [0.29, 0.717) is 43.2 Å². The molecule has 3 aromatic heterocycles. The summed E-state index contributed by atoms with van der Waals surface area (Å²) >= 11 is 0. The van der Waals surface area contributed by atoms with Gasteiger partial charge in [0.05, 0.1) is 24.3 Å². The molecule has 0 bridgehead atoms. The van der Waals surface area contributed by atoms with Gasteiger partial charge in [-0.3, -0.25) is 4.98 Å². The van der Waals surface area contributed by atoms with Crippen LogP contribution in [-0.4, -0.2) is 62.3 Å². The van der Waals surface area contributed by atoms with E-state index in [1.54, 1.807) is 6.20 Å². The third-order valence-corrected chi connectivity index (χ3v) is 6.77. The Balaban J connectivity index is 1.28. The third-order valence-electron chi connectivity index (χ3n) is 6.77. The van der Waals surface area contributed by atoms with Crippen molar-refractivity contribution in [3.05, 3.63) is 30.0 Å². The zero-order valence-electron chi connectivity index (χ0n) is 18.4. The largest absolute Gasteiger partial charge is 0.435 e. The van der Waals surface area contributed by atoms with Crippen molar-refractivity contribution < 1.29 is 22.0 Å². The summed E-state index contributed by atoms with van der Waals surface area (Å²) in [5.74, 6) is 0.855. The van der Waals surface area contributed by atoms with Gasteiger partial charge in [-0.25, -0.2) is 28.4 Å². The van der Waals surface area contributed by atoms with Gasteiger partial charge in [0.15, 0.2) is 11.3 Å². The summed E-state index contributed by atoms with van der Waals surface area (Å²) in [5, 5.41) is 3.95. The molecular weight excluding hydrogens is 459 g/mol. The van der Waals surface area contributed by atoms with Crippen molar-refractivity contribution in [2.75, 3.05) is 36.0 Å². The molecule has 2 aliphatic rings. The summed E-state index contributed by atoms with van der Waals surface area (Å²) in [6, 6.07) is 0. The SMILES string of the molecule is Cc1ncc(N2CCC3(CCN(c4cnc5cnn(CC(F)F)c5n4)CC3)C2)nc1C(F)(F)F. The molecule has 2 fully saturated rings. The number of halogens is 5. The Morgan fingerprint density at radius 3 is 2.26 bits per heavy atom. The topological polar surface area (TPSA) is 75.9 Å². The van der Waals surface area contributed by atoms with E-state index in [0.717, 1.165) is 23.9 Å². The van der Waals surface area contributed by atoms with Gasteiger partial charge >= 0.3 is 6.18 Å². The van der Waals surface area contributed by atoms with Gasteiger partial charge < -0.3 is 9.80 Å². The van der Waals surface area contributed by atoms with Crippen LogP contribution in [0.1, 0.15) is 30.7 Å². The summed E-state index contributed by atoms with van der Waals surface area (Å²) < 4.78 is 66.6. The van der Waals surface area contributed by atoms with E-state index in [9.17, 15) is 22.0 Å². The van der Waals surface area contributed by atoms with Gasteiger partial charge in [0.1, 0.15) is 23.7 Å². The first-order valence-corrected chi connectivity index (χ1v) is 11.0. The Kier molecular flexibility index (Phi) is 5.52. The van der Waals surface area contributed by atoms with Gasteiger partial charge in [0.2, 0.25) is 0 Å². The highest BCUT2D eigenvalue weighted by molar-refractivity contribution is 5.71. The molecule has 8 nitrogen and oxygen atoms in total. The molecule has 1 spiro atoms. The van der Waals surface area contributed by atoms with Gasteiger partial charge in [-0.15, -0.1) is 0 Å². The van der Waals surface area contributed by atoms with Crippen LogP contribution in [0.2, 0.25) is 0 Å². The van der Waals surface area contributed by atoms with Crippen LogP contribution in [0.15, 0.2) is 18.6 Å². The molecule has 0 saturated carbocycles. The Bertz CT molecular complexity index is 1190. The minimum absolute atomic E-state index is 0.0313. The van der Waals surface area contributed by atoms with Crippen LogP contribution in [0.25, 0.3) is 11.2 Å². The molecule has 13 heteroatoms. The predicted molar refractivity (Wildman–Crippen MR) is 114 cm³/mol. The molecule has 182 valence electrons. The van der Waals surface area contributed by atoms with Crippen LogP contribution in [0, 0.1) is 12.3 Å². The summed E-state index contributed by atoms with van der Waals surface area (Å²) in [6.45, 7) is 3.37. The smallest absolute Gasteiger partial charge is 0.355 e. The fourth-order valence-electron chi connectivity index (χ4n) is 4.87. The van der Waals surface area contributed by atoms with Gasteiger partial charge in [-0.1, -0.05) is 0 Å². The Morgan fingerprint density at radius 2 is 1.59 bits per heavy atom. The summed E-state index contributed by atoms with van der Waals surface area (Å²) in [6.07, 6.45) is -0.130. The Labute approximate surface area is 191 Å². The number of fused-ring (bicyclic) bond motifs is 1. The normalized spacial score (nSPS) is 18.6. The van der Waals surface area contributed by atoms with E-state index in [4.69, 9.17) is 0 Å². The highest BCUT2D eigenvalue weighted by Crippen LogP contribution is 2.42. The van der Waals surface area contributed by atoms with Crippen LogP contribution in [-0.2, 0) is 12.7 Å². The van der Waals surface area contributed by atoms with Crippen molar-refractivity contribution in [1.29, 1.82) is 0 Å². The molecule has 0 atom stereocenters. The highest BCUT2D eigenvalue weighted by atomic mass is 19.4. The second-order valence-corrected chi connectivity index (χ2v) is 8.97. The summed E-state index contributed by atoms with van der Waals surface area (Å²) in [7, 11) is 0. The van der Waals surface area contributed by atoms with E-state index in [2.05, 4.69) is 29.9 Å². The molecular formula is C21H23F5N8. The van der Waals surface area contributed by atoms with Gasteiger partial charge in [-0.2, -0.15) is 18.3 Å². The first-order chi connectivity index (χ1) is 16.1. The lowest BCUT2D eigenvalue weighted by molar-refractivity contribution is -0.141. The van der Waals surface area contributed by atoms with Gasteiger partial charge in [-0.05, 0) is 31.6 Å². The lowest BCUT2D eigenvalue weighted by atomic mass is 9.78. The van der Waals surface area contributed by atoms with Crippen molar-refractivity contribution in [3.63, 3.8) is 0 Å². The van der Waals surface area contributed by atoms with Crippen molar-refractivity contribution >= 4 is 22.8 Å². The van der Waals surface area contributed by atoms with E-state index in [-0.39, 0.29) is 16.9 Å². The monoisotopic (exact) mass is 482 g/mol. The average molecular weight is 482 g/mol. The lowest BCUT2D eigenvalue weighted by Crippen LogP contribution is -2.42. The molecule has 0 aliphatic carbocycles. The van der Waals surface area contributed by atoms with Crippen molar-refractivity contribution in [3.8, 4) is 0 Å². The molecule has 3 aromatic rings. The van der Waals surface area contributed by atoms with Crippen molar-refractivity contribution in [2.45, 2.75) is 45.3 Å². The fraction of sp³-hybridized carbons (Fsp3) is 0.571. The number of piperidine rings is 1. The molecule has 5 rings (SSSR count). The van der Waals surface area contributed by atoms with E-state index >= 15 is 0 Å². The fourth-order valence-corrected chi connectivity index (χ4v) is 4.87. The van der Waals surface area contributed by atoms with Crippen molar-refractivity contribution in [2.24, 2.45) is 5.41 Å². The zero-order valence-corrected chi connectivity index (χ0v) is 18.4. The Hall–Kier alpha value is -3.12. The standard InChI is InChI=1S/C21H23F5N8/c1-13-18(21(24,25)26)30-16(9-27-13)33-7-4-20(12-33)2-5-32(6-3-20)17-10-28-14-8-29-34(11-15(22)23)19(14)31-17/h8-10,15H,2-7,11-12H2,1H3. The highest BCUT2D eigenvalue weighted by Gasteiger charge is 2.42. The maximum Gasteiger partial charge on any atom is 0.435 e. The number of alkyl halides is 5. The van der Waals surface area contributed by atoms with Crippen LogP contribution in [0.5, 0.6) is 0 Å². The molecule has 0 amide bonds. The molecule has 0 N–H and O–H groups in total. The molecule has 34 heavy (non-hydrogen) atoms. The average Bonchev–Trinajstić information content (AvgIpc) is 3.38. The van der Waals surface area contributed by atoms with Crippen LogP contribution < -0.4 is 9.80 Å². The second-order valence-electron chi connectivity index (χ2n) is 8.97. The predicted octanol–water partition coefficient (Wildman–Crippen LogP) is 3.71. The maximum absolute atomic E-state index is 13.3. The van der Waals surface area contributed by atoms with Crippen LogP contribution in [0.3, 0.4) is 0 Å². The maximum atomic E-state index is 13.3. The summed E-state index contributed by atoms with van der Waals surface area (Å²) in [4.78, 5) is 20.6. The molecule has 5 heterocycles. The third kappa shape index (κ3) is 4.23. The lowest BCUT2D eigenvalue weighted by Gasteiger charge is -2.39. The molecule has 0 radical (unpaired) electrons. The van der Waals surface area contributed by atoms with Gasteiger partial charge in [0.25, 0.3) is 6.43 Å². The number of hydrogen-bond acceptors (Lipinski definition) is 7. The number of anilines is 2. The Morgan fingerprint density at radius 1 is 0.941 bits per heavy atom. The minimum Gasteiger partial charge on any atom is -0.355 e. The first-order valence-electron chi connectivity index (χ1n) is 11.0. The number of hydrogen-bond donors (Lipinski definition) is 0.